The van der Waals surface area contributed by atoms with Crippen molar-refractivity contribution < 1.29 is 18.3 Å². The van der Waals surface area contributed by atoms with Crippen molar-refractivity contribution in [2.75, 3.05) is 12.9 Å². The number of hydrogen-bond acceptors (Lipinski definition) is 4. The van der Waals surface area contributed by atoms with Crippen LogP contribution >= 0.6 is 0 Å². The first kappa shape index (κ1) is 15.5. The topological polar surface area (TPSA) is 63.6 Å². The molecule has 0 aromatic heterocycles. The van der Waals surface area contributed by atoms with Crippen molar-refractivity contribution in [1.29, 1.82) is 0 Å². The van der Waals surface area contributed by atoms with Gasteiger partial charge in [0.15, 0.2) is 9.84 Å². The highest BCUT2D eigenvalue weighted by atomic mass is 32.2. The summed E-state index contributed by atoms with van der Waals surface area (Å²) in [6.45, 7) is 0. The first-order valence-corrected chi connectivity index (χ1v) is 8.28. The maximum absolute atomic E-state index is 12.4. The third-order valence-corrected chi connectivity index (χ3v) is 5.03. The van der Waals surface area contributed by atoms with Gasteiger partial charge >= 0.3 is 0 Å². The summed E-state index contributed by atoms with van der Waals surface area (Å²) < 4.78 is 29.8. The number of ether oxygens (including phenoxy) is 1. The molecule has 0 aliphatic rings. The molecule has 0 radical (unpaired) electrons. The fraction of sp³-hybridized carbons (Fsp3) is 0.250. The van der Waals surface area contributed by atoms with E-state index in [0.717, 1.165) is 0 Å². The van der Waals surface area contributed by atoms with Crippen molar-refractivity contribution in [3.63, 3.8) is 0 Å². The van der Waals surface area contributed by atoms with Crippen LogP contribution in [0.3, 0.4) is 0 Å². The minimum atomic E-state index is -3.49. The van der Waals surface area contributed by atoms with Crippen LogP contribution in [0.1, 0.15) is 18.1 Å². The first-order chi connectivity index (χ1) is 10.0. The van der Waals surface area contributed by atoms with Gasteiger partial charge in [0, 0.05) is 0 Å². The highest BCUT2D eigenvalue weighted by molar-refractivity contribution is 7.91. The molecule has 0 fully saturated rings. The smallest absolute Gasteiger partial charge is 0.182 e. The van der Waals surface area contributed by atoms with E-state index in [2.05, 4.69) is 0 Å². The Hall–Kier alpha value is -1.85. The zero-order valence-corrected chi connectivity index (χ0v) is 12.6. The van der Waals surface area contributed by atoms with Gasteiger partial charge < -0.3 is 9.84 Å². The largest absolute Gasteiger partial charge is 0.495 e. The lowest BCUT2D eigenvalue weighted by Gasteiger charge is -2.12. The van der Waals surface area contributed by atoms with Gasteiger partial charge in [-0.05, 0) is 24.1 Å². The molecule has 1 N–H and O–H groups in total. The van der Waals surface area contributed by atoms with Crippen molar-refractivity contribution in [3.05, 3.63) is 60.2 Å². The van der Waals surface area contributed by atoms with Crippen LogP contribution < -0.4 is 4.74 Å². The average molecular weight is 306 g/mol. The number of aliphatic hydroxyl groups excluding tert-OH is 1. The van der Waals surface area contributed by atoms with E-state index < -0.39 is 15.9 Å². The Morgan fingerprint density at radius 3 is 2.33 bits per heavy atom. The predicted octanol–water partition coefficient (Wildman–Crippen LogP) is 2.59. The minimum absolute atomic E-state index is 0.135. The van der Waals surface area contributed by atoms with E-state index in [0.29, 0.717) is 11.3 Å². The standard InChI is InChI=1S/C16H18O4S/c1-20-15-9-5-6-10-16(15)21(18,19)12-11-14(17)13-7-3-2-4-8-13/h2-10,14,17H,11-12H2,1H3. The van der Waals surface area contributed by atoms with Crippen molar-refractivity contribution in [2.24, 2.45) is 0 Å². The summed E-state index contributed by atoms with van der Waals surface area (Å²) in [6, 6.07) is 15.5. The van der Waals surface area contributed by atoms with Gasteiger partial charge in [-0.1, -0.05) is 42.5 Å². The SMILES string of the molecule is COc1ccccc1S(=O)(=O)CCC(O)c1ccccc1. The molecule has 112 valence electrons. The van der Waals surface area contributed by atoms with Crippen molar-refractivity contribution in [1.82, 2.24) is 0 Å². The van der Waals surface area contributed by atoms with Crippen LogP contribution in [0.5, 0.6) is 5.75 Å². The fourth-order valence-corrected chi connectivity index (χ4v) is 3.59. The molecule has 1 unspecified atom stereocenters. The summed E-state index contributed by atoms with van der Waals surface area (Å²) >= 11 is 0. The number of benzene rings is 2. The lowest BCUT2D eigenvalue weighted by atomic mass is 10.1. The molecule has 0 aliphatic carbocycles. The molecule has 0 saturated carbocycles. The summed E-state index contributed by atoms with van der Waals surface area (Å²) in [5.74, 6) is 0.190. The maximum Gasteiger partial charge on any atom is 0.182 e. The molecular weight excluding hydrogens is 288 g/mol. The Labute approximate surface area is 124 Å². The number of para-hydroxylation sites is 1. The van der Waals surface area contributed by atoms with Crippen LogP contribution in [-0.2, 0) is 9.84 Å². The molecule has 0 bridgehead atoms. The van der Waals surface area contributed by atoms with E-state index in [1.807, 2.05) is 18.2 Å². The molecule has 4 nitrogen and oxygen atoms in total. The van der Waals surface area contributed by atoms with Crippen molar-refractivity contribution >= 4 is 9.84 Å². The van der Waals surface area contributed by atoms with Crippen LogP contribution in [0.25, 0.3) is 0 Å². The van der Waals surface area contributed by atoms with Crippen LogP contribution in [0, 0.1) is 0 Å². The Morgan fingerprint density at radius 2 is 1.67 bits per heavy atom. The first-order valence-electron chi connectivity index (χ1n) is 6.63. The lowest BCUT2D eigenvalue weighted by Crippen LogP contribution is -2.11. The molecule has 5 heteroatoms. The van der Waals surface area contributed by atoms with Crippen LogP contribution in [0.2, 0.25) is 0 Å². The number of methoxy groups -OCH3 is 1. The van der Waals surface area contributed by atoms with Gasteiger partial charge in [-0.2, -0.15) is 0 Å². The summed E-state index contributed by atoms with van der Waals surface area (Å²) in [4.78, 5) is 0.160. The average Bonchev–Trinajstić information content (AvgIpc) is 2.53. The molecule has 2 aromatic rings. The fourth-order valence-electron chi connectivity index (χ4n) is 2.09. The second-order valence-electron chi connectivity index (χ2n) is 4.68. The Balaban J connectivity index is 2.12. The van der Waals surface area contributed by atoms with E-state index in [1.54, 1.807) is 30.3 Å². The molecule has 0 heterocycles. The molecule has 1 atom stereocenters. The highest BCUT2D eigenvalue weighted by Gasteiger charge is 2.21. The van der Waals surface area contributed by atoms with Gasteiger partial charge in [0.2, 0.25) is 0 Å². The highest BCUT2D eigenvalue weighted by Crippen LogP contribution is 2.26. The molecule has 0 saturated heterocycles. The predicted molar refractivity (Wildman–Crippen MR) is 81.1 cm³/mol. The van der Waals surface area contributed by atoms with Gasteiger partial charge in [0.25, 0.3) is 0 Å². The zero-order chi connectivity index (χ0) is 15.3. The quantitative estimate of drug-likeness (QED) is 0.891. The van der Waals surface area contributed by atoms with Crippen molar-refractivity contribution in [3.8, 4) is 5.75 Å². The van der Waals surface area contributed by atoms with Crippen molar-refractivity contribution in [2.45, 2.75) is 17.4 Å². The second-order valence-corrected chi connectivity index (χ2v) is 6.76. The molecule has 0 spiro atoms. The number of sulfone groups is 1. The lowest BCUT2D eigenvalue weighted by molar-refractivity contribution is 0.174. The molecular formula is C16H18O4S. The van der Waals surface area contributed by atoms with Gasteiger partial charge in [-0.25, -0.2) is 8.42 Å². The third kappa shape index (κ3) is 3.83. The van der Waals surface area contributed by atoms with Gasteiger partial charge in [0.1, 0.15) is 10.6 Å². The number of aliphatic hydroxyl groups is 1. The molecule has 0 amide bonds. The Kier molecular flexibility index (Phi) is 4.98. The number of hydrogen-bond donors (Lipinski definition) is 1. The van der Waals surface area contributed by atoms with E-state index in [1.165, 1.54) is 13.2 Å². The summed E-state index contributed by atoms with van der Waals surface area (Å²) in [5, 5.41) is 10.1. The normalized spacial score (nSPS) is 12.9. The van der Waals surface area contributed by atoms with Gasteiger partial charge in [0.05, 0.1) is 19.0 Å². The summed E-state index contributed by atoms with van der Waals surface area (Å²) in [7, 11) is -2.05. The molecule has 2 rings (SSSR count). The van der Waals surface area contributed by atoms with E-state index in [9.17, 15) is 13.5 Å². The third-order valence-electron chi connectivity index (χ3n) is 3.25. The molecule has 0 aliphatic heterocycles. The summed E-state index contributed by atoms with van der Waals surface area (Å²) in [6.07, 6.45) is -0.652. The van der Waals surface area contributed by atoms with E-state index in [-0.39, 0.29) is 17.1 Å². The maximum atomic E-state index is 12.4. The van der Waals surface area contributed by atoms with Crippen LogP contribution in [0.15, 0.2) is 59.5 Å². The summed E-state index contributed by atoms with van der Waals surface area (Å²) in [5.41, 5.74) is 0.715. The Bertz CT molecular complexity index is 680. The Morgan fingerprint density at radius 1 is 1.05 bits per heavy atom. The van der Waals surface area contributed by atoms with E-state index >= 15 is 0 Å². The van der Waals surface area contributed by atoms with Gasteiger partial charge in [-0.15, -0.1) is 0 Å². The van der Waals surface area contributed by atoms with Crippen LogP contribution in [-0.4, -0.2) is 26.4 Å². The van der Waals surface area contributed by atoms with E-state index in [4.69, 9.17) is 4.74 Å². The van der Waals surface area contributed by atoms with Gasteiger partial charge in [-0.3, -0.25) is 0 Å². The minimum Gasteiger partial charge on any atom is -0.495 e. The van der Waals surface area contributed by atoms with Crippen LogP contribution in [0.4, 0.5) is 0 Å². The second kappa shape index (κ2) is 6.74. The monoisotopic (exact) mass is 306 g/mol. The molecule has 2 aromatic carbocycles. The number of rotatable bonds is 6. The molecule has 21 heavy (non-hydrogen) atoms. The zero-order valence-electron chi connectivity index (χ0n) is 11.8.